The molecule has 214 valence electrons. The van der Waals surface area contributed by atoms with Crippen LogP contribution in [0.25, 0.3) is 0 Å². The van der Waals surface area contributed by atoms with E-state index in [1.165, 1.54) is 12.1 Å². The molecule has 0 aromatic heterocycles. The number of unbranched alkanes of at least 4 members (excludes halogenated alkanes) is 2. The lowest BCUT2D eigenvalue weighted by atomic mass is 10.1. The third kappa shape index (κ3) is 17.9. The molecule has 1 atom stereocenters. The third-order valence-corrected chi connectivity index (χ3v) is 5.90. The molecule has 0 amide bonds. The molecule has 0 unspecified atom stereocenters. The highest BCUT2D eigenvalue weighted by molar-refractivity contribution is 5.92. The van der Waals surface area contributed by atoms with E-state index >= 15 is 0 Å². The molecule has 1 rings (SSSR count). The van der Waals surface area contributed by atoms with Crippen LogP contribution in [0.1, 0.15) is 94.8 Å². The summed E-state index contributed by atoms with van der Waals surface area (Å²) < 4.78 is 11.0. The topological polar surface area (TPSA) is 72.8 Å². The van der Waals surface area contributed by atoms with E-state index in [4.69, 9.17) is 9.47 Å². The van der Waals surface area contributed by atoms with Crippen LogP contribution in [0.3, 0.4) is 0 Å². The smallest absolute Gasteiger partial charge is 0.341 e. The van der Waals surface area contributed by atoms with Crippen molar-refractivity contribution in [3.05, 3.63) is 90.6 Å². The lowest BCUT2D eigenvalue weighted by Crippen LogP contribution is -2.24. The maximum absolute atomic E-state index is 12.4. The summed E-state index contributed by atoms with van der Waals surface area (Å²) in [5, 5.41) is 9.70. The van der Waals surface area contributed by atoms with Crippen molar-refractivity contribution in [2.75, 3.05) is 13.2 Å². The van der Waals surface area contributed by atoms with E-state index in [1.54, 1.807) is 12.1 Å². The van der Waals surface area contributed by atoms with Crippen LogP contribution in [0.5, 0.6) is 5.75 Å². The van der Waals surface area contributed by atoms with Gasteiger partial charge in [0.2, 0.25) is 0 Å². The number of carbonyl (C=O) groups excluding carboxylic acids is 2. The fraction of sp³-hybridized carbons (Fsp3) is 0.471. The maximum atomic E-state index is 12.4. The monoisotopic (exact) mass is 536 g/mol. The summed E-state index contributed by atoms with van der Waals surface area (Å²) in [5.41, 5.74) is 0.128. The van der Waals surface area contributed by atoms with Gasteiger partial charge in [-0.2, -0.15) is 0 Å². The fourth-order valence-electron chi connectivity index (χ4n) is 3.69. The minimum Gasteiger partial charge on any atom is -0.507 e. The highest BCUT2D eigenvalue weighted by Gasteiger charge is 2.17. The molecule has 0 fully saturated rings. The molecule has 1 aromatic rings. The van der Waals surface area contributed by atoms with Gasteiger partial charge in [0.25, 0.3) is 0 Å². The van der Waals surface area contributed by atoms with E-state index in [9.17, 15) is 14.7 Å². The predicted octanol–water partition coefficient (Wildman–Crippen LogP) is 8.62. The van der Waals surface area contributed by atoms with Crippen molar-refractivity contribution in [3.8, 4) is 5.75 Å². The summed E-state index contributed by atoms with van der Waals surface area (Å²) in [4.78, 5) is 24.4. The van der Waals surface area contributed by atoms with Gasteiger partial charge in [-0.25, -0.2) is 4.79 Å². The Morgan fingerprint density at radius 3 is 1.95 bits per heavy atom. The van der Waals surface area contributed by atoms with E-state index in [2.05, 4.69) is 67.7 Å². The molecular formula is C34H48O5. The molecule has 0 saturated heterocycles. The van der Waals surface area contributed by atoms with Gasteiger partial charge in [0.05, 0.1) is 6.61 Å². The molecule has 0 aliphatic rings. The number of hydrogen-bond donors (Lipinski definition) is 1. The minimum atomic E-state index is -0.587. The number of esters is 1. The van der Waals surface area contributed by atoms with Gasteiger partial charge in [-0.05, 0) is 76.3 Å². The average Bonchev–Trinajstić information content (AvgIpc) is 2.94. The first-order chi connectivity index (χ1) is 19.1. The van der Waals surface area contributed by atoms with Crippen molar-refractivity contribution < 1.29 is 24.2 Å². The zero-order valence-corrected chi connectivity index (χ0v) is 23.9. The number of phenolic OH excluding ortho intramolecular Hbond substituents is 1. The van der Waals surface area contributed by atoms with Crippen molar-refractivity contribution in [2.24, 2.45) is 0 Å². The van der Waals surface area contributed by atoms with Crippen molar-refractivity contribution in [1.29, 1.82) is 0 Å². The summed E-state index contributed by atoms with van der Waals surface area (Å²) in [6.07, 6.45) is 30.9. The van der Waals surface area contributed by atoms with E-state index in [1.807, 2.05) is 6.92 Å². The van der Waals surface area contributed by atoms with Crippen LogP contribution in [-0.4, -0.2) is 36.2 Å². The Hall–Kier alpha value is -3.18. The van der Waals surface area contributed by atoms with Crippen LogP contribution in [0.15, 0.2) is 85.0 Å². The molecule has 5 nitrogen and oxygen atoms in total. The number of aromatic hydroxyl groups is 1. The number of ether oxygens (including phenoxy) is 2. The van der Waals surface area contributed by atoms with Crippen molar-refractivity contribution >= 4 is 11.8 Å². The fourth-order valence-corrected chi connectivity index (χ4v) is 3.69. The van der Waals surface area contributed by atoms with Gasteiger partial charge >= 0.3 is 5.97 Å². The number of allylic oxidation sites excluding steroid dienone is 10. The Bertz CT molecular complexity index is 939. The molecule has 0 heterocycles. The summed E-state index contributed by atoms with van der Waals surface area (Å²) in [5.74, 6) is -0.662. The molecule has 0 bridgehead atoms. The quantitative estimate of drug-likeness (QED) is 0.0912. The standard InChI is InChI=1S/C34H48O5/c1-3-5-6-7-8-9-10-11-12-13-14-15-16-17-18-19-20-23-28-38-33(4-2)32(36)27-24-29-39-34(37)30-25-21-22-26-31(30)35/h5-6,8-9,11-12,14-15,17-18,21-22,25-26,33,35H,3-4,7,10,13,16,19-20,23-24,27-29H2,1-2H3/b6-5-,9-8-,12-11-,15-14-,18-17-/t33-/m0/s1. The number of rotatable bonds is 22. The number of benzene rings is 1. The van der Waals surface area contributed by atoms with Crippen molar-refractivity contribution in [2.45, 2.75) is 90.6 Å². The first-order valence-corrected chi connectivity index (χ1v) is 14.4. The highest BCUT2D eigenvalue weighted by Crippen LogP contribution is 2.17. The van der Waals surface area contributed by atoms with Gasteiger partial charge in [0, 0.05) is 13.0 Å². The van der Waals surface area contributed by atoms with Gasteiger partial charge < -0.3 is 14.6 Å². The zero-order chi connectivity index (χ0) is 28.4. The van der Waals surface area contributed by atoms with E-state index < -0.39 is 12.1 Å². The molecule has 0 spiro atoms. The molecule has 1 aromatic carbocycles. The van der Waals surface area contributed by atoms with Crippen molar-refractivity contribution in [1.82, 2.24) is 0 Å². The van der Waals surface area contributed by atoms with Gasteiger partial charge in [0.1, 0.15) is 17.4 Å². The van der Waals surface area contributed by atoms with Crippen molar-refractivity contribution in [3.63, 3.8) is 0 Å². The Morgan fingerprint density at radius 1 is 0.769 bits per heavy atom. The first kappa shape index (κ1) is 33.8. The van der Waals surface area contributed by atoms with Crippen LogP contribution in [0.2, 0.25) is 0 Å². The molecule has 5 heteroatoms. The van der Waals surface area contributed by atoms with Crippen LogP contribution in [-0.2, 0) is 14.3 Å². The van der Waals surface area contributed by atoms with Gasteiger partial charge in [0.15, 0.2) is 5.78 Å². The zero-order valence-electron chi connectivity index (χ0n) is 23.9. The van der Waals surface area contributed by atoms with Crippen LogP contribution >= 0.6 is 0 Å². The van der Waals surface area contributed by atoms with Crippen LogP contribution < -0.4 is 0 Å². The van der Waals surface area contributed by atoms with Gasteiger partial charge in [-0.1, -0.05) is 86.7 Å². The summed E-state index contributed by atoms with van der Waals surface area (Å²) in [6.45, 7) is 4.78. The molecule has 1 N–H and O–H groups in total. The van der Waals surface area contributed by atoms with Crippen LogP contribution in [0.4, 0.5) is 0 Å². The first-order valence-electron chi connectivity index (χ1n) is 14.4. The number of Topliss-reactive ketones (excluding diaryl/α,β-unsaturated/α-hetero) is 1. The number of para-hydroxylation sites is 1. The lowest BCUT2D eigenvalue weighted by molar-refractivity contribution is -0.131. The van der Waals surface area contributed by atoms with E-state index in [0.29, 0.717) is 25.9 Å². The third-order valence-electron chi connectivity index (χ3n) is 5.90. The normalized spacial score (nSPS) is 13.0. The number of phenols is 1. The SMILES string of the molecule is CC/C=C\C/C=C\C/C=C\C/C=C\C/C=C\CCCCO[C@@H](CC)C(=O)CCCOC(=O)c1ccccc1O. The molecule has 39 heavy (non-hydrogen) atoms. The summed E-state index contributed by atoms with van der Waals surface area (Å²) >= 11 is 0. The second-order valence-electron chi connectivity index (χ2n) is 9.19. The molecular weight excluding hydrogens is 488 g/mol. The Balaban J connectivity index is 2.05. The molecule has 0 radical (unpaired) electrons. The molecule has 0 aliphatic carbocycles. The lowest BCUT2D eigenvalue weighted by Gasteiger charge is -2.15. The Labute approximate surface area is 236 Å². The minimum absolute atomic E-state index is 0.0361. The van der Waals surface area contributed by atoms with Gasteiger partial charge in [-0.15, -0.1) is 0 Å². The van der Waals surface area contributed by atoms with Gasteiger partial charge in [-0.3, -0.25) is 4.79 Å². The maximum Gasteiger partial charge on any atom is 0.341 e. The largest absolute Gasteiger partial charge is 0.507 e. The Kier molecular flexibility index (Phi) is 20.7. The van der Waals surface area contributed by atoms with E-state index in [-0.39, 0.29) is 23.7 Å². The van der Waals surface area contributed by atoms with E-state index in [0.717, 1.165) is 51.4 Å². The predicted molar refractivity (Wildman–Crippen MR) is 161 cm³/mol. The number of carbonyl (C=O) groups is 2. The molecule has 0 saturated carbocycles. The average molecular weight is 537 g/mol. The Morgan fingerprint density at radius 2 is 1.36 bits per heavy atom. The number of ketones is 1. The molecule has 0 aliphatic heterocycles. The highest BCUT2D eigenvalue weighted by atomic mass is 16.5. The summed E-state index contributed by atoms with van der Waals surface area (Å²) in [7, 11) is 0. The summed E-state index contributed by atoms with van der Waals surface area (Å²) in [6, 6.07) is 6.24. The number of hydrogen-bond acceptors (Lipinski definition) is 5. The second kappa shape index (κ2) is 23.9. The second-order valence-corrected chi connectivity index (χ2v) is 9.19. The van der Waals surface area contributed by atoms with Crippen LogP contribution in [0, 0.1) is 0 Å².